The second kappa shape index (κ2) is 27.1. The zero-order chi connectivity index (χ0) is 32.6. The van der Waals surface area contributed by atoms with Gasteiger partial charge in [-0.2, -0.15) is 0 Å². The Balaban J connectivity index is 0.00000192. The molecule has 0 amide bonds. The summed E-state index contributed by atoms with van der Waals surface area (Å²) in [5.74, 6) is 0. The van der Waals surface area contributed by atoms with E-state index in [1.54, 1.807) is 4.70 Å². The number of unbranched alkanes of at least 4 members (excludes halogenated alkanes) is 6. The Bertz CT molecular complexity index is 1130. The topological polar surface area (TPSA) is 65.8 Å². The second-order valence-corrected chi connectivity index (χ2v) is 11.9. The fourth-order valence-corrected chi connectivity index (χ4v) is 5.38. The molecule has 0 radical (unpaired) electrons. The molecule has 0 aromatic heterocycles. The molecule has 0 saturated heterocycles. The second-order valence-electron chi connectivity index (χ2n) is 11.9. The van der Waals surface area contributed by atoms with Crippen LogP contribution in [0.3, 0.4) is 0 Å². The molecule has 0 fully saturated rings. The van der Waals surface area contributed by atoms with Gasteiger partial charge in [0.1, 0.15) is 0 Å². The minimum absolute atomic E-state index is 0. The van der Waals surface area contributed by atoms with Gasteiger partial charge in [0, 0.05) is 52.0 Å². The molecule has 256 valence electrons. The van der Waals surface area contributed by atoms with Gasteiger partial charge < -0.3 is 15.7 Å². The first-order chi connectivity index (χ1) is 21.5. The molecular formula is C40H64N2NiO2. The molecule has 0 atom stereocenters. The van der Waals surface area contributed by atoms with Gasteiger partial charge in [0.05, 0.1) is 0 Å². The molecular weight excluding hydrogens is 599 g/mol. The zero-order valence-electron chi connectivity index (χ0n) is 29.5. The third-order valence-electron chi connectivity index (χ3n) is 7.91. The van der Waals surface area contributed by atoms with E-state index in [2.05, 4.69) is 76.2 Å². The van der Waals surface area contributed by atoms with Crippen LogP contribution in [0.5, 0.6) is 0 Å². The summed E-state index contributed by atoms with van der Waals surface area (Å²) in [4.78, 5) is 0. The van der Waals surface area contributed by atoms with E-state index in [1.807, 2.05) is 13.8 Å². The first kappa shape index (κ1) is 42.9. The molecule has 2 aromatic rings. The number of aliphatic hydroxyl groups is 2. The Kier molecular flexibility index (Phi) is 25.8. The van der Waals surface area contributed by atoms with Crippen molar-refractivity contribution >= 4 is 11.4 Å². The van der Waals surface area contributed by atoms with Crippen LogP contribution in [0.1, 0.15) is 154 Å². The van der Waals surface area contributed by atoms with E-state index in [9.17, 15) is 5.53 Å². The molecule has 0 aliphatic carbocycles. The van der Waals surface area contributed by atoms with Gasteiger partial charge in [-0.25, -0.2) is 4.70 Å². The van der Waals surface area contributed by atoms with Gasteiger partial charge in [0.2, 0.25) is 11.4 Å². The largest absolute Gasteiger partial charge is 0.493 e. The summed E-state index contributed by atoms with van der Waals surface area (Å²) in [7, 11) is 0. The van der Waals surface area contributed by atoms with Crippen molar-refractivity contribution in [1.29, 1.82) is 0 Å². The van der Waals surface area contributed by atoms with Crippen molar-refractivity contribution in [3.05, 3.63) is 87.5 Å². The van der Waals surface area contributed by atoms with Crippen molar-refractivity contribution in [3.8, 4) is 0 Å². The molecule has 45 heavy (non-hydrogen) atoms. The predicted octanol–water partition coefficient (Wildman–Crippen LogP) is 11.5. The van der Waals surface area contributed by atoms with Crippen LogP contribution in [0.4, 0.5) is 0 Å². The Labute approximate surface area is 286 Å². The van der Waals surface area contributed by atoms with Gasteiger partial charge in [-0.3, -0.25) is 0 Å². The molecule has 0 saturated carbocycles. The Morgan fingerprint density at radius 1 is 0.511 bits per heavy atom. The minimum atomic E-state index is 0. The maximum absolute atomic E-state index is 11.8. The smallest absolute Gasteiger partial charge is 0.211 e. The van der Waals surface area contributed by atoms with E-state index >= 15 is 0 Å². The van der Waals surface area contributed by atoms with Crippen molar-refractivity contribution in [2.75, 3.05) is 13.2 Å². The fourth-order valence-electron chi connectivity index (χ4n) is 5.38. The van der Waals surface area contributed by atoms with Crippen LogP contribution >= 0.6 is 0 Å². The Morgan fingerprint density at radius 2 is 0.889 bits per heavy atom. The number of benzene rings is 2. The summed E-state index contributed by atoms with van der Waals surface area (Å²) in [5, 5.41) is 15.8. The Morgan fingerprint density at radius 3 is 1.27 bits per heavy atom. The van der Waals surface area contributed by atoms with Crippen molar-refractivity contribution in [1.82, 2.24) is 0 Å². The van der Waals surface area contributed by atoms with Crippen LogP contribution in [0, 0.1) is 0 Å². The maximum Gasteiger partial charge on any atom is 0.211 e. The average Bonchev–Trinajstić information content (AvgIpc) is 3.34. The van der Waals surface area contributed by atoms with E-state index in [0.717, 1.165) is 73.9 Å². The summed E-state index contributed by atoms with van der Waals surface area (Å²) in [6.45, 7) is 13.5. The van der Waals surface area contributed by atoms with Crippen molar-refractivity contribution < 1.29 is 31.4 Å². The first-order valence-corrected chi connectivity index (χ1v) is 17.8. The van der Waals surface area contributed by atoms with Gasteiger partial charge in [-0.05, 0) is 99.6 Å². The molecule has 1 aliphatic rings. The third-order valence-corrected chi connectivity index (χ3v) is 7.91. The van der Waals surface area contributed by atoms with Crippen molar-refractivity contribution in [2.45, 2.75) is 144 Å². The summed E-state index contributed by atoms with van der Waals surface area (Å²) >= 11 is 0. The number of hydrogen-bond donors (Lipinski definition) is 2. The zero-order valence-corrected chi connectivity index (χ0v) is 30.4. The van der Waals surface area contributed by atoms with Crippen molar-refractivity contribution in [2.24, 2.45) is 0 Å². The van der Waals surface area contributed by atoms with Gasteiger partial charge in [0.25, 0.3) is 0 Å². The van der Waals surface area contributed by atoms with Gasteiger partial charge in [-0.1, -0.05) is 104 Å². The first-order valence-electron chi connectivity index (χ1n) is 17.8. The van der Waals surface area contributed by atoms with Crippen LogP contribution in [0.25, 0.3) is 16.9 Å². The van der Waals surface area contributed by atoms with E-state index < -0.39 is 0 Å². The number of aryl methyl sites for hydroxylation is 2. The normalized spacial score (nSPS) is 12.4. The third kappa shape index (κ3) is 15.4. The standard InChI is InChI=1S/C34H48N2.2C3H8O.Ni/c1-5-9-13-14-24-32-31(23-12-8-4)33(29-21-15-19-27(25-29)17-10-6-2)36(35)34(32)30-22-16-20-28(26-30)18-11-7-3;2*1-2-3-4;/h15-16,19-22,25-26H,5-14,17-18,23-24H2,1-4H3;2*4H,2-3H2,1H3;. The average molecular weight is 664 g/mol. The summed E-state index contributed by atoms with van der Waals surface area (Å²) in [5.41, 5.74) is 21.6. The van der Waals surface area contributed by atoms with E-state index in [-0.39, 0.29) is 16.5 Å². The molecule has 0 bridgehead atoms. The molecule has 4 nitrogen and oxygen atoms in total. The molecule has 1 aliphatic heterocycles. The molecule has 0 unspecified atom stereocenters. The summed E-state index contributed by atoms with van der Waals surface area (Å²) in [6.07, 6.45) is 18.0. The van der Waals surface area contributed by atoms with Crippen LogP contribution in [-0.2, 0) is 29.3 Å². The molecule has 0 spiro atoms. The van der Waals surface area contributed by atoms with E-state index in [4.69, 9.17) is 10.2 Å². The van der Waals surface area contributed by atoms with Crippen LogP contribution < -0.4 is 0 Å². The summed E-state index contributed by atoms with van der Waals surface area (Å²) in [6, 6.07) is 17.8. The number of aliphatic hydroxyl groups excluding tert-OH is 2. The molecule has 2 N–H and O–H groups in total. The Hall–Kier alpha value is -2.07. The molecule has 1 heterocycles. The molecule has 5 heteroatoms. The molecule has 2 aromatic carbocycles. The number of rotatable bonds is 18. The van der Waals surface area contributed by atoms with E-state index in [1.165, 1.54) is 73.6 Å². The number of allylic oxidation sites excluding steroid dienone is 2. The number of hydrogen-bond acceptors (Lipinski definition) is 2. The van der Waals surface area contributed by atoms with Gasteiger partial charge in [0.15, 0.2) is 0 Å². The quantitative estimate of drug-likeness (QED) is 0.0947. The van der Waals surface area contributed by atoms with Gasteiger partial charge >= 0.3 is 0 Å². The van der Waals surface area contributed by atoms with Gasteiger partial charge in [-0.15, -0.1) is 0 Å². The number of nitrogens with zero attached hydrogens (tertiary/aromatic N) is 2. The maximum atomic E-state index is 11.8. The van der Waals surface area contributed by atoms with E-state index in [0.29, 0.717) is 13.2 Å². The van der Waals surface area contributed by atoms with Crippen LogP contribution in [0.15, 0.2) is 59.7 Å². The summed E-state index contributed by atoms with van der Waals surface area (Å²) < 4.78 is 1.55. The van der Waals surface area contributed by atoms with Crippen LogP contribution in [0.2, 0.25) is 0 Å². The minimum Gasteiger partial charge on any atom is -0.493 e. The van der Waals surface area contributed by atoms with Crippen molar-refractivity contribution in [3.63, 3.8) is 0 Å². The predicted molar refractivity (Wildman–Crippen MR) is 191 cm³/mol. The monoisotopic (exact) mass is 662 g/mol. The molecule has 3 rings (SSSR count). The SMILES string of the molecule is CCCCCCC1=C(c2cccc(CCCC)c2)[N+](=[N-])C(c2cccc(CCCC)c2)=C1CCCC.CCCO.CCCO.[Ni]. The van der Waals surface area contributed by atoms with Crippen LogP contribution in [-0.4, -0.2) is 28.1 Å². The fraction of sp³-hybridized carbons (Fsp3) is 0.600.